The van der Waals surface area contributed by atoms with Gasteiger partial charge in [0.05, 0.1) is 10.1 Å². The zero-order valence-corrected chi connectivity index (χ0v) is 10.8. The highest BCUT2D eigenvalue weighted by atomic mass is 32.2. The molecule has 3 nitrogen and oxygen atoms in total. The Balaban J connectivity index is 3.27. The second-order valence-electron chi connectivity index (χ2n) is 4.08. The minimum Gasteiger partial charge on any atom is -0.329 e. The van der Waals surface area contributed by atoms with Gasteiger partial charge < -0.3 is 5.73 Å². The lowest BCUT2D eigenvalue weighted by atomic mass is 10.2. The Morgan fingerprint density at radius 2 is 1.94 bits per heavy atom. The summed E-state index contributed by atoms with van der Waals surface area (Å²) in [4.78, 5) is 0.412. The number of benzene rings is 1. The second-order valence-corrected chi connectivity index (χ2v) is 6.28. The molecule has 0 fully saturated rings. The van der Waals surface area contributed by atoms with Crippen molar-refractivity contribution < 1.29 is 8.42 Å². The van der Waals surface area contributed by atoms with E-state index in [1.165, 1.54) is 0 Å². The molecule has 0 aromatic heterocycles. The van der Waals surface area contributed by atoms with Crippen LogP contribution in [0.4, 0.5) is 0 Å². The van der Waals surface area contributed by atoms with Crippen molar-refractivity contribution in [3.05, 3.63) is 29.3 Å². The maximum atomic E-state index is 12.2. The van der Waals surface area contributed by atoms with Crippen LogP contribution in [0.2, 0.25) is 0 Å². The summed E-state index contributed by atoms with van der Waals surface area (Å²) in [5, 5.41) is -0.478. The Labute approximate surface area is 97.6 Å². The predicted octanol–water partition coefficient (Wildman–Crippen LogP) is 1.81. The van der Waals surface area contributed by atoms with Crippen LogP contribution in [0.25, 0.3) is 0 Å². The van der Waals surface area contributed by atoms with Crippen LogP contribution in [-0.4, -0.2) is 20.2 Å². The van der Waals surface area contributed by atoms with E-state index in [1.807, 2.05) is 32.9 Å². The van der Waals surface area contributed by atoms with Crippen LogP contribution in [0, 0.1) is 13.8 Å². The first-order valence-electron chi connectivity index (χ1n) is 5.44. The van der Waals surface area contributed by atoms with E-state index in [1.54, 1.807) is 6.07 Å². The van der Waals surface area contributed by atoms with E-state index in [0.717, 1.165) is 11.1 Å². The molecule has 4 heteroatoms. The highest BCUT2D eigenvalue weighted by Crippen LogP contribution is 2.22. The van der Waals surface area contributed by atoms with Crippen LogP contribution < -0.4 is 5.73 Å². The summed E-state index contributed by atoms with van der Waals surface area (Å²) in [7, 11) is -3.27. The molecule has 1 atom stereocenters. The van der Waals surface area contributed by atoms with Gasteiger partial charge in [0.25, 0.3) is 0 Å². The van der Waals surface area contributed by atoms with Crippen molar-refractivity contribution in [2.24, 2.45) is 5.73 Å². The molecule has 0 heterocycles. The molecule has 2 N–H and O–H groups in total. The van der Waals surface area contributed by atoms with E-state index < -0.39 is 15.1 Å². The summed E-state index contributed by atoms with van der Waals surface area (Å²) < 4.78 is 24.5. The van der Waals surface area contributed by atoms with Gasteiger partial charge in [-0.3, -0.25) is 0 Å². The topological polar surface area (TPSA) is 60.2 Å². The lowest BCUT2D eigenvalue weighted by Crippen LogP contribution is -2.29. The van der Waals surface area contributed by atoms with Crippen LogP contribution in [0.15, 0.2) is 23.1 Å². The third-order valence-corrected chi connectivity index (χ3v) is 5.27. The molecule has 0 aliphatic carbocycles. The number of rotatable bonds is 4. The van der Waals surface area contributed by atoms with Gasteiger partial charge in [-0.05, 0) is 31.9 Å². The molecule has 0 radical (unpaired) electrons. The Morgan fingerprint density at radius 3 is 2.38 bits per heavy atom. The number of sulfone groups is 1. The van der Waals surface area contributed by atoms with Crippen molar-refractivity contribution in [3.63, 3.8) is 0 Å². The molecule has 1 aromatic carbocycles. The fourth-order valence-electron chi connectivity index (χ4n) is 1.81. The highest BCUT2D eigenvalue weighted by Gasteiger charge is 2.25. The molecule has 16 heavy (non-hydrogen) atoms. The molecule has 1 aromatic rings. The number of hydrogen-bond donors (Lipinski definition) is 1. The van der Waals surface area contributed by atoms with Gasteiger partial charge in [-0.15, -0.1) is 0 Å². The van der Waals surface area contributed by atoms with E-state index >= 15 is 0 Å². The fraction of sp³-hybridized carbons (Fsp3) is 0.500. The van der Waals surface area contributed by atoms with E-state index in [-0.39, 0.29) is 6.54 Å². The van der Waals surface area contributed by atoms with Crippen LogP contribution in [0.1, 0.15) is 24.5 Å². The van der Waals surface area contributed by atoms with Crippen LogP contribution in [0.5, 0.6) is 0 Å². The maximum absolute atomic E-state index is 12.2. The molecule has 0 spiro atoms. The molecule has 90 valence electrons. The monoisotopic (exact) mass is 241 g/mol. The van der Waals surface area contributed by atoms with Crippen LogP contribution in [0.3, 0.4) is 0 Å². The van der Waals surface area contributed by atoms with E-state index in [2.05, 4.69) is 0 Å². The van der Waals surface area contributed by atoms with Crippen molar-refractivity contribution in [2.75, 3.05) is 6.54 Å². The first-order valence-corrected chi connectivity index (χ1v) is 6.99. The molecular formula is C12H19NO2S. The quantitative estimate of drug-likeness (QED) is 0.874. The van der Waals surface area contributed by atoms with Crippen molar-refractivity contribution in [1.29, 1.82) is 0 Å². The zero-order chi connectivity index (χ0) is 12.3. The van der Waals surface area contributed by atoms with Crippen LogP contribution >= 0.6 is 0 Å². The molecule has 1 rings (SSSR count). The zero-order valence-electron chi connectivity index (χ0n) is 10.0. The largest absolute Gasteiger partial charge is 0.329 e. The minimum absolute atomic E-state index is 0.173. The number of hydrogen-bond acceptors (Lipinski definition) is 3. The lowest BCUT2D eigenvalue weighted by Gasteiger charge is -2.15. The average molecular weight is 241 g/mol. The van der Waals surface area contributed by atoms with Crippen LogP contribution in [-0.2, 0) is 9.84 Å². The summed E-state index contributed by atoms with van der Waals surface area (Å²) in [6, 6.07) is 5.39. The van der Waals surface area contributed by atoms with Gasteiger partial charge in [0, 0.05) is 6.54 Å². The average Bonchev–Trinajstić information content (AvgIpc) is 2.18. The number of aryl methyl sites for hydroxylation is 2. The minimum atomic E-state index is -3.27. The number of nitrogens with two attached hydrogens (primary N) is 1. The van der Waals surface area contributed by atoms with Gasteiger partial charge in [-0.25, -0.2) is 8.42 Å². The van der Waals surface area contributed by atoms with Gasteiger partial charge in [-0.2, -0.15) is 0 Å². The van der Waals surface area contributed by atoms with Crippen molar-refractivity contribution >= 4 is 9.84 Å². The summed E-state index contributed by atoms with van der Waals surface area (Å²) in [5.41, 5.74) is 7.37. The molecule has 0 aliphatic rings. The molecule has 0 amide bonds. The van der Waals surface area contributed by atoms with E-state index in [9.17, 15) is 8.42 Å². The Kier molecular flexibility index (Phi) is 4.10. The summed E-state index contributed by atoms with van der Waals surface area (Å²) in [5.74, 6) is 0. The lowest BCUT2D eigenvalue weighted by molar-refractivity contribution is 0.575. The van der Waals surface area contributed by atoms with Gasteiger partial charge in [0.15, 0.2) is 9.84 Å². The third kappa shape index (κ3) is 2.44. The summed E-state index contributed by atoms with van der Waals surface area (Å²) in [6.07, 6.45) is 0.548. The van der Waals surface area contributed by atoms with Crippen molar-refractivity contribution in [1.82, 2.24) is 0 Å². The van der Waals surface area contributed by atoms with Crippen molar-refractivity contribution in [2.45, 2.75) is 37.3 Å². The smallest absolute Gasteiger partial charge is 0.182 e. The first kappa shape index (κ1) is 13.2. The molecule has 0 aliphatic heterocycles. The summed E-state index contributed by atoms with van der Waals surface area (Å²) >= 11 is 0. The normalized spacial score (nSPS) is 13.8. The molecule has 0 saturated carbocycles. The molecular weight excluding hydrogens is 222 g/mol. The molecule has 0 saturated heterocycles. The SMILES string of the molecule is CCC(CN)S(=O)(=O)c1ccc(C)cc1C. The Hall–Kier alpha value is -0.870. The molecule has 1 unspecified atom stereocenters. The third-order valence-electron chi connectivity index (χ3n) is 2.79. The highest BCUT2D eigenvalue weighted by molar-refractivity contribution is 7.92. The van der Waals surface area contributed by atoms with Gasteiger partial charge in [-0.1, -0.05) is 24.6 Å². The van der Waals surface area contributed by atoms with Gasteiger partial charge in [0.2, 0.25) is 0 Å². The van der Waals surface area contributed by atoms with E-state index in [4.69, 9.17) is 5.73 Å². The standard InChI is InChI=1S/C12H19NO2S/c1-4-11(8-13)16(14,15)12-6-5-9(2)7-10(12)3/h5-7,11H,4,8,13H2,1-3H3. The maximum Gasteiger partial charge on any atom is 0.182 e. The predicted molar refractivity (Wildman–Crippen MR) is 66.2 cm³/mol. The molecule has 0 bridgehead atoms. The Bertz CT molecular complexity index is 462. The second kappa shape index (κ2) is 4.97. The summed E-state index contributed by atoms with van der Waals surface area (Å²) in [6.45, 7) is 5.79. The first-order chi connectivity index (χ1) is 7.43. The van der Waals surface area contributed by atoms with Gasteiger partial charge in [0.1, 0.15) is 0 Å². The van der Waals surface area contributed by atoms with Gasteiger partial charge >= 0.3 is 0 Å². The van der Waals surface area contributed by atoms with E-state index in [0.29, 0.717) is 11.3 Å². The van der Waals surface area contributed by atoms with Crippen molar-refractivity contribution in [3.8, 4) is 0 Å². The fourth-order valence-corrected chi connectivity index (χ4v) is 3.63. The Morgan fingerprint density at radius 1 is 1.31 bits per heavy atom.